The summed E-state index contributed by atoms with van der Waals surface area (Å²) in [6, 6.07) is 11.6. The molecule has 0 aliphatic carbocycles. The number of benzene rings is 1. The van der Waals surface area contributed by atoms with E-state index in [2.05, 4.69) is 29.5 Å². The van der Waals surface area contributed by atoms with Crippen LogP contribution in [0.5, 0.6) is 0 Å². The van der Waals surface area contributed by atoms with Crippen LogP contribution < -0.4 is 0 Å². The maximum atomic E-state index is 13.1. The molecular weight excluding hydrogens is 474 g/mol. The number of methoxy groups -OCH3 is 1. The Hall–Kier alpha value is -3.22. The van der Waals surface area contributed by atoms with E-state index in [1.165, 1.54) is 7.11 Å². The molecule has 0 saturated heterocycles. The molecular formula is C29H32ClN3O3. The number of pyridine rings is 2. The van der Waals surface area contributed by atoms with Gasteiger partial charge in [0, 0.05) is 45.3 Å². The van der Waals surface area contributed by atoms with Gasteiger partial charge in [0.05, 0.1) is 19.3 Å². The number of esters is 1. The van der Waals surface area contributed by atoms with Gasteiger partial charge in [-0.2, -0.15) is 0 Å². The molecule has 4 rings (SSSR count). The molecule has 4 aromatic rings. The van der Waals surface area contributed by atoms with Gasteiger partial charge in [0.25, 0.3) is 0 Å². The number of aromatic nitrogens is 3. The van der Waals surface area contributed by atoms with Gasteiger partial charge >= 0.3 is 5.97 Å². The molecule has 0 aliphatic rings. The molecule has 0 radical (unpaired) electrons. The fraction of sp³-hybridized carbons (Fsp3) is 0.345. The third kappa shape index (κ3) is 5.01. The van der Waals surface area contributed by atoms with Crippen LogP contribution in [0.3, 0.4) is 0 Å². The first kappa shape index (κ1) is 25.9. The lowest BCUT2D eigenvalue weighted by atomic mass is 9.91. The first-order chi connectivity index (χ1) is 17.0. The van der Waals surface area contributed by atoms with Gasteiger partial charge in [0.2, 0.25) is 0 Å². The van der Waals surface area contributed by atoms with Gasteiger partial charge in [-0.15, -0.1) is 0 Å². The molecule has 0 aliphatic heterocycles. The van der Waals surface area contributed by atoms with Crippen molar-refractivity contribution in [1.29, 1.82) is 0 Å². The maximum absolute atomic E-state index is 13.1. The Labute approximate surface area is 217 Å². The first-order valence-corrected chi connectivity index (χ1v) is 12.3. The Balaban J connectivity index is 2.08. The van der Waals surface area contributed by atoms with E-state index in [-0.39, 0.29) is 0 Å². The van der Waals surface area contributed by atoms with Crippen molar-refractivity contribution in [3.8, 4) is 11.1 Å². The van der Waals surface area contributed by atoms with Crippen LogP contribution in [-0.4, -0.2) is 33.2 Å². The average molecular weight is 506 g/mol. The highest BCUT2D eigenvalue weighted by atomic mass is 35.5. The fourth-order valence-corrected chi connectivity index (χ4v) is 4.71. The summed E-state index contributed by atoms with van der Waals surface area (Å²) in [4.78, 5) is 22.4. The van der Waals surface area contributed by atoms with E-state index < -0.39 is 17.7 Å². The molecule has 1 aromatic carbocycles. The summed E-state index contributed by atoms with van der Waals surface area (Å²) in [5.74, 6) is -0.464. The highest BCUT2D eigenvalue weighted by molar-refractivity contribution is 6.30. The van der Waals surface area contributed by atoms with E-state index in [9.17, 15) is 4.79 Å². The number of ether oxygens (including phenoxy) is 2. The van der Waals surface area contributed by atoms with Gasteiger partial charge in [-0.25, -0.2) is 9.78 Å². The average Bonchev–Trinajstić information content (AvgIpc) is 3.06. The number of halogens is 1. The number of rotatable bonds is 6. The highest BCUT2D eigenvalue weighted by Gasteiger charge is 2.34. The Kier molecular flexibility index (Phi) is 7.21. The van der Waals surface area contributed by atoms with E-state index in [1.807, 2.05) is 64.2 Å². The number of fused-ring (bicyclic) bond motifs is 1. The van der Waals surface area contributed by atoms with Crippen molar-refractivity contribution in [2.24, 2.45) is 0 Å². The van der Waals surface area contributed by atoms with Crippen LogP contribution >= 0.6 is 11.6 Å². The number of nitrogens with zero attached hydrogens (tertiary/aromatic N) is 3. The van der Waals surface area contributed by atoms with E-state index >= 15 is 0 Å². The van der Waals surface area contributed by atoms with Crippen molar-refractivity contribution in [3.05, 3.63) is 81.9 Å². The van der Waals surface area contributed by atoms with E-state index in [4.69, 9.17) is 26.1 Å². The predicted molar refractivity (Wildman–Crippen MR) is 143 cm³/mol. The standard InChI is InChI=1S/C29H32ClN3O3/c1-17-19(3)33(16-20-9-8-14-31-15-20)27-23(17)25(21-10-12-22(30)13-11-21)24(18(2)32-27)26(28(34)35-7)36-29(4,5)6/h8-15,26H,16H2,1-7H3/t26-/m0/s1. The summed E-state index contributed by atoms with van der Waals surface area (Å²) in [6.07, 6.45) is 2.69. The van der Waals surface area contributed by atoms with Crippen molar-refractivity contribution in [2.75, 3.05) is 7.11 Å². The third-order valence-electron chi connectivity index (χ3n) is 6.33. The largest absolute Gasteiger partial charge is 0.467 e. The Morgan fingerprint density at radius 3 is 2.39 bits per heavy atom. The molecule has 188 valence electrons. The Morgan fingerprint density at radius 2 is 1.81 bits per heavy atom. The molecule has 0 N–H and O–H groups in total. The van der Waals surface area contributed by atoms with Crippen molar-refractivity contribution in [3.63, 3.8) is 0 Å². The lowest BCUT2D eigenvalue weighted by molar-refractivity contribution is -0.164. The molecule has 0 spiro atoms. The SMILES string of the molecule is COC(=O)[C@@H](OC(C)(C)C)c1c(C)nc2c(c(C)c(C)n2Cc2cccnc2)c1-c1ccc(Cl)cc1. The molecule has 6 nitrogen and oxygen atoms in total. The van der Waals surface area contributed by atoms with Gasteiger partial charge in [0.1, 0.15) is 5.65 Å². The van der Waals surface area contributed by atoms with Crippen molar-refractivity contribution in [1.82, 2.24) is 14.5 Å². The summed E-state index contributed by atoms with van der Waals surface area (Å²) < 4.78 is 13.7. The van der Waals surface area contributed by atoms with Crippen LogP contribution in [0.25, 0.3) is 22.2 Å². The Bertz CT molecular complexity index is 1400. The zero-order valence-corrected chi connectivity index (χ0v) is 22.6. The Morgan fingerprint density at radius 1 is 1.11 bits per heavy atom. The zero-order chi connectivity index (χ0) is 26.2. The highest BCUT2D eigenvalue weighted by Crippen LogP contribution is 2.42. The second-order valence-electron chi connectivity index (χ2n) is 9.98. The van der Waals surface area contributed by atoms with Crippen molar-refractivity contribution in [2.45, 2.75) is 59.8 Å². The topological polar surface area (TPSA) is 66.2 Å². The van der Waals surface area contributed by atoms with Gasteiger partial charge in [-0.3, -0.25) is 4.98 Å². The van der Waals surface area contributed by atoms with Crippen molar-refractivity contribution < 1.29 is 14.3 Å². The number of carbonyl (C=O) groups is 1. The zero-order valence-electron chi connectivity index (χ0n) is 21.8. The number of aryl methyl sites for hydroxylation is 2. The van der Waals surface area contributed by atoms with Crippen LogP contribution in [0, 0.1) is 20.8 Å². The molecule has 0 saturated carbocycles. The second-order valence-corrected chi connectivity index (χ2v) is 10.4. The van der Waals surface area contributed by atoms with Gasteiger partial charge in [-0.1, -0.05) is 29.8 Å². The van der Waals surface area contributed by atoms with E-state index in [0.717, 1.165) is 39.0 Å². The normalized spacial score (nSPS) is 12.7. The summed E-state index contributed by atoms with van der Waals surface area (Å²) in [7, 11) is 1.38. The van der Waals surface area contributed by atoms with Crippen LogP contribution in [0.2, 0.25) is 5.02 Å². The minimum absolute atomic E-state index is 0.464. The molecule has 36 heavy (non-hydrogen) atoms. The van der Waals surface area contributed by atoms with Crippen LogP contribution in [-0.2, 0) is 20.8 Å². The lowest BCUT2D eigenvalue weighted by Crippen LogP contribution is -2.29. The predicted octanol–water partition coefficient (Wildman–Crippen LogP) is 6.75. The van der Waals surface area contributed by atoms with E-state index in [0.29, 0.717) is 22.8 Å². The van der Waals surface area contributed by atoms with Crippen LogP contribution in [0.15, 0.2) is 48.8 Å². The summed E-state index contributed by atoms with van der Waals surface area (Å²) in [5.41, 5.74) is 6.76. The van der Waals surface area contributed by atoms with Gasteiger partial charge in [-0.05, 0) is 76.4 Å². The maximum Gasteiger partial charge on any atom is 0.339 e. The monoisotopic (exact) mass is 505 g/mol. The smallest absolute Gasteiger partial charge is 0.339 e. The molecule has 0 bridgehead atoms. The molecule has 3 aromatic heterocycles. The molecule has 7 heteroatoms. The molecule has 0 unspecified atom stereocenters. The summed E-state index contributed by atoms with van der Waals surface area (Å²) in [5, 5.41) is 1.62. The van der Waals surface area contributed by atoms with Gasteiger partial charge < -0.3 is 14.0 Å². The minimum atomic E-state index is -0.945. The van der Waals surface area contributed by atoms with Gasteiger partial charge in [0.15, 0.2) is 6.10 Å². The summed E-state index contributed by atoms with van der Waals surface area (Å²) >= 11 is 6.24. The van der Waals surface area contributed by atoms with Crippen LogP contribution in [0.1, 0.15) is 55.0 Å². The second kappa shape index (κ2) is 10.0. The number of hydrogen-bond donors (Lipinski definition) is 0. The van der Waals surface area contributed by atoms with Crippen LogP contribution in [0.4, 0.5) is 0 Å². The number of carbonyl (C=O) groups excluding carboxylic acids is 1. The molecule has 0 amide bonds. The first-order valence-electron chi connectivity index (χ1n) is 11.9. The lowest BCUT2D eigenvalue weighted by Gasteiger charge is -2.29. The third-order valence-corrected chi connectivity index (χ3v) is 6.58. The molecule has 0 fully saturated rings. The quantitative estimate of drug-likeness (QED) is 0.271. The molecule has 3 heterocycles. The molecule has 1 atom stereocenters. The minimum Gasteiger partial charge on any atom is -0.467 e. The van der Waals surface area contributed by atoms with Crippen molar-refractivity contribution >= 4 is 28.6 Å². The fourth-order valence-electron chi connectivity index (χ4n) is 4.59. The summed E-state index contributed by atoms with van der Waals surface area (Å²) in [6.45, 7) is 12.5. The van der Waals surface area contributed by atoms with E-state index in [1.54, 1.807) is 6.20 Å². The number of hydrogen-bond acceptors (Lipinski definition) is 5.